The van der Waals surface area contributed by atoms with Crippen molar-refractivity contribution < 1.29 is 4.39 Å². The number of hydrogen-bond donors (Lipinski definition) is 1. The van der Waals surface area contributed by atoms with E-state index in [9.17, 15) is 4.39 Å². The number of rotatable bonds is 3. The molecule has 0 aliphatic rings. The van der Waals surface area contributed by atoms with Crippen LogP contribution in [0, 0.1) is 5.82 Å². The van der Waals surface area contributed by atoms with Gasteiger partial charge in [-0.2, -0.15) is 5.10 Å². The number of pyridine rings is 1. The standard InChI is InChI=1S/C20H14FN3/c21-17-10-4-1-7-14(17)13-22-24-20-15-8-2-5-11-18(15)23-19-12-6-3-9-16(19)20/h1-13H,(H,23,24)/b22-13-. The molecule has 0 saturated heterocycles. The number of hydrazone groups is 1. The van der Waals surface area contributed by atoms with Gasteiger partial charge in [0.1, 0.15) is 5.82 Å². The van der Waals surface area contributed by atoms with Gasteiger partial charge in [0.2, 0.25) is 0 Å². The molecule has 3 nitrogen and oxygen atoms in total. The molecule has 0 aliphatic carbocycles. The normalized spacial score (nSPS) is 11.4. The van der Waals surface area contributed by atoms with Gasteiger partial charge in [0.25, 0.3) is 0 Å². The van der Waals surface area contributed by atoms with E-state index < -0.39 is 0 Å². The van der Waals surface area contributed by atoms with Crippen LogP contribution in [0.4, 0.5) is 10.1 Å². The zero-order valence-corrected chi connectivity index (χ0v) is 12.8. The first-order valence-electron chi connectivity index (χ1n) is 7.64. The number of hydrogen-bond acceptors (Lipinski definition) is 3. The highest BCUT2D eigenvalue weighted by Gasteiger charge is 2.07. The second-order valence-corrected chi connectivity index (χ2v) is 5.41. The van der Waals surface area contributed by atoms with Crippen molar-refractivity contribution in [2.45, 2.75) is 0 Å². The first kappa shape index (κ1) is 14.3. The van der Waals surface area contributed by atoms with Crippen LogP contribution in [0.25, 0.3) is 21.8 Å². The Bertz CT molecular complexity index is 1000. The number of para-hydroxylation sites is 2. The highest BCUT2D eigenvalue weighted by molar-refractivity contribution is 6.07. The summed E-state index contributed by atoms with van der Waals surface area (Å²) in [6.07, 6.45) is 1.49. The molecule has 0 saturated carbocycles. The van der Waals surface area contributed by atoms with Gasteiger partial charge >= 0.3 is 0 Å². The highest BCUT2D eigenvalue weighted by Crippen LogP contribution is 2.30. The molecule has 1 aromatic heterocycles. The maximum atomic E-state index is 13.7. The summed E-state index contributed by atoms with van der Waals surface area (Å²) in [5.41, 5.74) is 6.15. The van der Waals surface area contributed by atoms with E-state index in [1.54, 1.807) is 18.2 Å². The van der Waals surface area contributed by atoms with Gasteiger partial charge in [-0.1, -0.05) is 54.6 Å². The third kappa shape index (κ3) is 2.58. The van der Waals surface area contributed by atoms with Crippen LogP contribution in [-0.4, -0.2) is 11.2 Å². The van der Waals surface area contributed by atoms with Gasteiger partial charge in [0.15, 0.2) is 0 Å². The first-order valence-corrected chi connectivity index (χ1v) is 7.64. The van der Waals surface area contributed by atoms with E-state index in [1.807, 2.05) is 48.5 Å². The van der Waals surface area contributed by atoms with Crippen molar-refractivity contribution in [2.24, 2.45) is 5.10 Å². The van der Waals surface area contributed by atoms with Crippen LogP contribution < -0.4 is 5.43 Å². The molecule has 4 aromatic rings. The van der Waals surface area contributed by atoms with E-state index in [2.05, 4.69) is 15.5 Å². The minimum absolute atomic E-state index is 0.299. The monoisotopic (exact) mass is 315 g/mol. The molecule has 0 unspecified atom stereocenters. The Kier molecular flexibility index (Phi) is 3.63. The minimum Gasteiger partial charge on any atom is -0.277 e. The Morgan fingerprint density at radius 2 is 1.38 bits per heavy atom. The molecular formula is C20H14FN3. The number of anilines is 1. The topological polar surface area (TPSA) is 37.3 Å². The quantitative estimate of drug-likeness (QED) is 0.329. The molecule has 1 heterocycles. The Morgan fingerprint density at radius 1 is 0.792 bits per heavy atom. The van der Waals surface area contributed by atoms with E-state index in [-0.39, 0.29) is 5.82 Å². The summed E-state index contributed by atoms with van der Waals surface area (Å²) in [4.78, 5) is 4.67. The average Bonchev–Trinajstić information content (AvgIpc) is 2.62. The van der Waals surface area contributed by atoms with Gasteiger partial charge < -0.3 is 0 Å². The molecule has 4 heteroatoms. The fraction of sp³-hybridized carbons (Fsp3) is 0. The number of fused-ring (bicyclic) bond motifs is 2. The van der Waals surface area contributed by atoms with E-state index in [0.29, 0.717) is 5.56 Å². The van der Waals surface area contributed by atoms with Gasteiger partial charge in [0.05, 0.1) is 22.9 Å². The van der Waals surface area contributed by atoms with Crippen molar-refractivity contribution in [3.63, 3.8) is 0 Å². The molecular weight excluding hydrogens is 301 g/mol. The average molecular weight is 315 g/mol. The first-order chi connectivity index (χ1) is 11.8. The molecule has 0 bridgehead atoms. The zero-order chi connectivity index (χ0) is 16.4. The Labute approximate surface area is 138 Å². The van der Waals surface area contributed by atoms with Gasteiger partial charge in [-0.05, 0) is 18.2 Å². The molecule has 116 valence electrons. The third-order valence-corrected chi connectivity index (χ3v) is 3.87. The summed E-state index contributed by atoms with van der Waals surface area (Å²) >= 11 is 0. The predicted octanol–water partition coefficient (Wildman–Crippen LogP) is 4.97. The molecule has 4 rings (SSSR count). The molecule has 0 amide bonds. The number of aromatic nitrogens is 1. The van der Waals surface area contributed by atoms with Crippen LogP contribution in [0.5, 0.6) is 0 Å². The predicted molar refractivity (Wildman–Crippen MR) is 96.9 cm³/mol. The Morgan fingerprint density at radius 3 is 2.04 bits per heavy atom. The van der Waals surface area contributed by atoms with Crippen molar-refractivity contribution >= 4 is 33.7 Å². The smallest absolute Gasteiger partial charge is 0.132 e. The van der Waals surface area contributed by atoms with E-state index in [0.717, 1.165) is 27.5 Å². The van der Waals surface area contributed by atoms with Crippen molar-refractivity contribution in [1.29, 1.82) is 0 Å². The maximum Gasteiger partial charge on any atom is 0.132 e. The number of nitrogens with one attached hydrogen (secondary N) is 1. The van der Waals surface area contributed by atoms with Crippen LogP contribution in [0.1, 0.15) is 5.56 Å². The number of benzene rings is 3. The molecule has 0 aliphatic heterocycles. The summed E-state index contributed by atoms with van der Waals surface area (Å²) in [5.74, 6) is -0.299. The summed E-state index contributed by atoms with van der Waals surface area (Å²) in [5, 5.41) is 6.18. The van der Waals surface area contributed by atoms with Crippen LogP contribution in [-0.2, 0) is 0 Å². The number of halogens is 1. The van der Waals surface area contributed by atoms with Crippen LogP contribution in [0.2, 0.25) is 0 Å². The molecule has 0 atom stereocenters. The lowest BCUT2D eigenvalue weighted by Gasteiger charge is -2.09. The molecule has 0 radical (unpaired) electrons. The Balaban J connectivity index is 1.81. The highest BCUT2D eigenvalue weighted by atomic mass is 19.1. The van der Waals surface area contributed by atoms with Crippen LogP contribution in [0.15, 0.2) is 77.9 Å². The van der Waals surface area contributed by atoms with Crippen molar-refractivity contribution in [1.82, 2.24) is 4.98 Å². The summed E-state index contributed by atoms with van der Waals surface area (Å²) in [6.45, 7) is 0. The van der Waals surface area contributed by atoms with Crippen molar-refractivity contribution in [3.8, 4) is 0 Å². The SMILES string of the molecule is Fc1ccccc1/C=N\Nc1c2ccccc2nc2ccccc12. The lowest BCUT2D eigenvalue weighted by atomic mass is 10.1. The lowest BCUT2D eigenvalue weighted by molar-refractivity contribution is 0.626. The summed E-state index contributed by atoms with van der Waals surface area (Å²) in [6, 6.07) is 22.3. The lowest BCUT2D eigenvalue weighted by Crippen LogP contribution is -1.96. The van der Waals surface area contributed by atoms with Gasteiger partial charge in [-0.25, -0.2) is 9.37 Å². The minimum atomic E-state index is -0.299. The van der Waals surface area contributed by atoms with Gasteiger partial charge in [-0.15, -0.1) is 0 Å². The van der Waals surface area contributed by atoms with Crippen molar-refractivity contribution in [2.75, 3.05) is 5.43 Å². The molecule has 1 N–H and O–H groups in total. The van der Waals surface area contributed by atoms with E-state index in [4.69, 9.17) is 0 Å². The fourth-order valence-corrected chi connectivity index (χ4v) is 2.71. The van der Waals surface area contributed by atoms with E-state index in [1.165, 1.54) is 12.3 Å². The molecule has 24 heavy (non-hydrogen) atoms. The van der Waals surface area contributed by atoms with Crippen LogP contribution in [0.3, 0.4) is 0 Å². The fourth-order valence-electron chi connectivity index (χ4n) is 2.71. The Hall–Kier alpha value is -3.27. The molecule has 3 aromatic carbocycles. The zero-order valence-electron chi connectivity index (χ0n) is 12.8. The summed E-state index contributed by atoms with van der Waals surface area (Å²) in [7, 11) is 0. The molecule has 0 fully saturated rings. The van der Waals surface area contributed by atoms with E-state index >= 15 is 0 Å². The third-order valence-electron chi connectivity index (χ3n) is 3.87. The molecule has 0 spiro atoms. The van der Waals surface area contributed by atoms with Gasteiger partial charge in [-0.3, -0.25) is 5.43 Å². The largest absolute Gasteiger partial charge is 0.277 e. The number of nitrogens with zero attached hydrogens (tertiary/aromatic N) is 2. The second-order valence-electron chi connectivity index (χ2n) is 5.41. The second kappa shape index (κ2) is 6.08. The van der Waals surface area contributed by atoms with Crippen LogP contribution >= 0.6 is 0 Å². The van der Waals surface area contributed by atoms with Crippen molar-refractivity contribution in [3.05, 3.63) is 84.2 Å². The maximum absolute atomic E-state index is 13.7. The summed E-state index contributed by atoms with van der Waals surface area (Å²) < 4.78 is 13.7. The van der Waals surface area contributed by atoms with Gasteiger partial charge in [0, 0.05) is 16.3 Å².